The highest BCUT2D eigenvalue weighted by molar-refractivity contribution is 5.76. The summed E-state index contributed by atoms with van der Waals surface area (Å²) in [4.78, 5) is 17.8. The van der Waals surface area contributed by atoms with Gasteiger partial charge in [0.05, 0.1) is 5.56 Å². The molecule has 0 saturated carbocycles. The Morgan fingerprint density at radius 3 is 2.38 bits per heavy atom. The van der Waals surface area contributed by atoms with Crippen LogP contribution in [-0.4, -0.2) is 33.4 Å². The Hall–Kier alpha value is -4.54. The van der Waals surface area contributed by atoms with Gasteiger partial charge in [-0.05, 0) is 91.5 Å². The molecule has 3 aromatic carbocycles. The molecule has 0 saturated heterocycles. The molecule has 8 nitrogen and oxygen atoms in total. The lowest BCUT2D eigenvalue weighted by Gasteiger charge is -2.22. The summed E-state index contributed by atoms with van der Waals surface area (Å²) in [6.45, 7) is 3.68. The summed E-state index contributed by atoms with van der Waals surface area (Å²) >= 11 is 0. The fourth-order valence-corrected chi connectivity index (χ4v) is 3.93. The number of nitrogens with two attached hydrogens (primary N) is 1. The largest absolute Gasteiger partial charge is 0.478 e. The maximum Gasteiger partial charge on any atom is 0.416 e. The molecule has 11 heteroatoms. The number of ether oxygens (including phenoxy) is 1. The summed E-state index contributed by atoms with van der Waals surface area (Å²) in [5.74, 6) is -0.0431. The number of hydrogen-bond acceptors (Lipinski definition) is 7. The van der Waals surface area contributed by atoms with Crippen molar-refractivity contribution in [3.63, 3.8) is 0 Å². The summed E-state index contributed by atoms with van der Waals surface area (Å²) in [5.41, 5.74) is 6.52. The Balaban J connectivity index is 1.50. The first-order valence-electron chi connectivity index (χ1n) is 12.5. The molecule has 0 aliphatic carbocycles. The lowest BCUT2D eigenvalue weighted by atomic mass is 10.1. The monoisotopic (exact) mass is 554 g/mol. The van der Waals surface area contributed by atoms with Crippen LogP contribution < -0.4 is 15.4 Å². The van der Waals surface area contributed by atoms with Crippen LogP contribution >= 0.6 is 0 Å². The van der Waals surface area contributed by atoms with Crippen LogP contribution in [0.4, 0.5) is 24.8 Å². The molecule has 0 spiro atoms. The Labute approximate surface area is 229 Å². The number of alkyl halides is 3. The molecule has 0 bridgehead atoms. The Morgan fingerprint density at radius 1 is 1.02 bits per heavy atom. The molecule has 0 radical (unpaired) electrons. The highest BCUT2D eigenvalue weighted by Crippen LogP contribution is 2.30. The van der Waals surface area contributed by atoms with E-state index in [-0.39, 0.29) is 6.54 Å². The minimum absolute atomic E-state index is 0.259. The van der Waals surface area contributed by atoms with E-state index in [1.54, 1.807) is 42.5 Å². The summed E-state index contributed by atoms with van der Waals surface area (Å²) in [6.07, 6.45) is -3.16. The van der Waals surface area contributed by atoms with Gasteiger partial charge in [0, 0.05) is 24.3 Å². The second-order valence-corrected chi connectivity index (χ2v) is 9.81. The van der Waals surface area contributed by atoms with Gasteiger partial charge in [-0.2, -0.15) is 18.2 Å². The van der Waals surface area contributed by atoms with E-state index in [1.165, 1.54) is 26.0 Å². The molecule has 210 valence electrons. The van der Waals surface area contributed by atoms with E-state index in [4.69, 9.17) is 15.0 Å². The van der Waals surface area contributed by atoms with E-state index < -0.39 is 23.3 Å². The Kier molecular flexibility index (Phi) is 8.32. The number of nitrogen functional groups attached to an aromatic ring is 1. The standard InChI is InChI=1S/C29H29F3N4O4/c1-28(2,26(37)38)39-24-7-3-5-19(17-24)6-4-16-36(18-20-8-12-22(13-9-20)29(30,31)32)27-34-25(40-35-27)21-10-14-23(33)15-11-21/h3,5,7-15,17H,4,6,16,18,33H2,1-2H3,(H,37,38). The third kappa shape index (κ3) is 7.31. The van der Waals surface area contributed by atoms with E-state index in [1.807, 2.05) is 11.0 Å². The van der Waals surface area contributed by atoms with Gasteiger partial charge in [0.2, 0.25) is 0 Å². The van der Waals surface area contributed by atoms with Gasteiger partial charge in [0.25, 0.3) is 11.8 Å². The number of benzene rings is 3. The van der Waals surface area contributed by atoms with Crippen molar-refractivity contribution in [3.8, 4) is 17.2 Å². The van der Waals surface area contributed by atoms with E-state index in [0.29, 0.717) is 53.8 Å². The molecule has 0 aliphatic rings. The van der Waals surface area contributed by atoms with Gasteiger partial charge in [-0.1, -0.05) is 24.3 Å². The third-order valence-corrected chi connectivity index (χ3v) is 6.19. The average molecular weight is 555 g/mol. The normalized spacial score (nSPS) is 11.8. The van der Waals surface area contributed by atoms with Crippen molar-refractivity contribution in [2.75, 3.05) is 17.2 Å². The fourth-order valence-electron chi connectivity index (χ4n) is 3.93. The van der Waals surface area contributed by atoms with Gasteiger partial charge < -0.3 is 25.0 Å². The molecule has 1 heterocycles. The van der Waals surface area contributed by atoms with Gasteiger partial charge in [-0.15, -0.1) is 0 Å². The predicted octanol–water partition coefficient (Wildman–Crippen LogP) is 6.22. The van der Waals surface area contributed by atoms with Crippen molar-refractivity contribution in [2.24, 2.45) is 0 Å². The van der Waals surface area contributed by atoms with E-state index >= 15 is 0 Å². The summed E-state index contributed by atoms with van der Waals surface area (Å²) in [5, 5.41) is 13.5. The van der Waals surface area contributed by atoms with Gasteiger partial charge >= 0.3 is 12.1 Å². The molecule has 4 aromatic rings. The minimum atomic E-state index is -4.42. The second-order valence-electron chi connectivity index (χ2n) is 9.81. The fraction of sp³-hybridized carbons (Fsp3) is 0.276. The molecule has 40 heavy (non-hydrogen) atoms. The average Bonchev–Trinajstić information content (AvgIpc) is 3.38. The zero-order chi connectivity index (χ0) is 28.9. The van der Waals surface area contributed by atoms with Crippen LogP contribution in [0.25, 0.3) is 11.5 Å². The van der Waals surface area contributed by atoms with Crippen LogP contribution in [0.5, 0.6) is 5.75 Å². The smallest absolute Gasteiger partial charge is 0.416 e. The number of carboxylic acid groups (broad SMARTS) is 1. The first-order valence-corrected chi connectivity index (χ1v) is 12.5. The molecule has 0 atom stereocenters. The van der Waals surface area contributed by atoms with Gasteiger partial charge in [-0.3, -0.25) is 0 Å². The van der Waals surface area contributed by atoms with Crippen LogP contribution in [0.1, 0.15) is 37.0 Å². The van der Waals surface area contributed by atoms with Gasteiger partial charge in [-0.25, -0.2) is 4.79 Å². The number of anilines is 2. The summed E-state index contributed by atoms with van der Waals surface area (Å²) in [7, 11) is 0. The summed E-state index contributed by atoms with van der Waals surface area (Å²) < 4.78 is 50.2. The van der Waals surface area contributed by atoms with Crippen molar-refractivity contribution in [1.29, 1.82) is 0 Å². The van der Waals surface area contributed by atoms with Crippen LogP contribution in [0.15, 0.2) is 77.3 Å². The lowest BCUT2D eigenvalue weighted by molar-refractivity contribution is -0.152. The second kappa shape index (κ2) is 11.7. The molecule has 1 aromatic heterocycles. The summed E-state index contributed by atoms with van der Waals surface area (Å²) in [6, 6.07) is 19.1. The number of aryl methyl sites for hydroxylation is 1. The van der Waals surface area contributed by atoms with E-state index in [2.05, 4.69) is 10.1 Å². The quantitative estimate of drug-likeness (QED) is 0.210. The number of aliphatic carboxylic acids is 1. The molecule has 0 fully saturated rings. The Morgan fingerprint density at radius 2 is 1.73 bits per heavy atom. The number of halogens is 3. The van der Waals surface area contributed by atoms with Crippen LogP contribution in [0.2, 0.25) is 0 Å². The number of carboxylic acids is 1. The van der Waals surface area contributed by atoms with Crippen molar-refractivity contribution in [2.45, 2.75) is 45.0 Å². The van der Waals surface area contributed by atoms with Crippen molar-refractivity contribution >= 4 is 17.6 Å². The molecular weight excluding hydrogens is 525 g/mol. The van der Waals surface area contributed by atoms with E-state index in [0.717, 1.165) is 17.7 Å². The van der Waals surface area contributed by atoms with E-state index in [9.17, 15) is 23.1 Å². The SMILES string of the molecule is CC(C)(Oc1cccc(CCCN(Cc2ccc(C(F)(F)F)cc2)c2noc(-c3ccc(N)cc3)n2)c1)C(=O)O. The Bertz CT molecular complexity index is 1430. The maximum atomic E-state index is 13.0. The maximum absolute atomic E-state index is 13.0. The number of aromatic nitrogens is 2. The molecule has 0 unspecified atom stereocenters. The van der Waals surface area contributed by atoms with Gasteiger partial charge in [0.1, 0.15) is 5.75 Å². The van der Waals surface area contributed by atoms with Crippen LogP contribution in [-0.2, 0) is 23.9 Å². The first kappa shape index (κ1) is 28.5. The topological polar surface area (TPSA) is 115 Å². The zero-order valence-electron chi connectivity index (χ0n) is 22.0. The third-order valence-electron chi connectivity index (χ3n) is 6.19. The van der Waals surface area contributed by atoms with Crippen molar-refractivity contribution in [3.05, 3.63) is 89.5 Å². The molecule has 3 N–H and O–H groups in total. The number of carbonyl (C=O) groups is 1. The molecule has 0 aliphatic heterocycles. The highest BCUT2D eigenvalue weighted by atomic mass is 19.4. The number of nitrogens with zero attached hydrogens (tertiary/aromatic N) is 3. The van der Waals surface area contributed by atoms with Crippen molar-refractivity contribution in [1.82, 2.24) is 10.1 Å². The molecule has 0 amide bonds. The molecule has 4 rings (SSSR count). The zero-order valence-corrected chi connectivity index (χ0v) is 22.0. The number of rotatable bonds is 11. The lowest BCUT2D eigenvalue weighted by Crippen LogP contribution is -2.37. The highest BCUT2D eigenvalue weighted by Gasteiger charge is 2.30. The first-order chi connectivity index (χ1) is 18.9. The van der Waals surface area contributed by atoms with Gasteiger partial charge in [0.15, 0.2) is 5.60 Å². The van der Waals surface area contributed by atoms with Crippen LogP contribution in [0.3, 0.4) is 0 Å². The predicted molar refractivity (Wildman–Crippen MR) is 144 cm³/mol. The number of hydrogen-bond donors (Lipinski definition) is 2. The molecular formula is C29H29F3N4O4. The van der Waals surface area contributed by atoms with Crippen LogP contribution in [0, 0.1) is 0 Å². The minimum Gasteiger partial charge on any atom is -0.478 e. The van der Waals surface area contributed by atoms with Crippen molar-refractivity contribution < 1.29 is 32.3 Å².